The lowest BCUT2D eigenvalue weighted by Gasteiger charge is -1.99. The van der Waals surface area contributed by atoms with Crippen LogP contribution < -0.4 is 11.3 Å². The first-order chi connectivity index (χ1) is 10.2. The second kappa shape index (κ2) is 5.54. The van der Waals surface area contributed by atoms with Gasteiger partial charge in [-0.3, -0.25) is 10.2 Å². The molecule has 4 N–H and O–H groups in total. The minimum Gasteiger partial charge on any atom is -0.465 e. The molecule has 0 aliphatic heterocycles. The maximum absolute atomic E-state index is 11.5. The lowest BCUT2D eigenvalue weighted by Crippen LogP contribution is -2.30. The third-order valence-corrected chi connectivity index (χ3v) is 3.90. The first kappa shape index (κ1) is 13.6. The molecule has 1 amide bonds. The van der Waals surface area contributed by atoms with Crippen LogP contribution in [0.15, 0.2) is 28.2 Å². The van der Waals surface area contributed by atoms with E-state index in [2.05, 4.69) is 25.4 Å². The second-order valence-corrected chi connectivity index (χ2v) is 5.19. The van der Waals surface area contributed by atoms with Crippen LogP contribution >= 0.6 is 11.8 Å². The number of carbonyl (C=O) groups is 1. The van der Waals surface area contributed by atoms with Crippen molar-refractivity contribution in [2.24, 2.45) is 5.84 Å². The van der Waals surface area contributed by atoms with Crippen molar-refractivity contribution < 1.29 is 9.21 Å². The molecule has 0 radical (unpaired) electrons. The van der Waals surface area contributed by atoms with Crippen molar-refractivity contribution in [3.8, 4) is 0 Å². The zero-order valence-corrected chi connectivity index (χ0v) is 11.9. The molecule has 3 aromatic heterocycles. The first-order valence-electron chi connectivity index (χ1n) is 6.06. The van der Waals surface area contributed by atoms with E-state index in [1.165, 1.54) is 18.1 Å². The van der Waals surface area contributed by atoms with Crippen molar-refractivity contribution in [2.45, 2.75) is 17.7 Å². The summed E-state index contributed by atoms with van der Waals surface area (Å²) >= 11 is 1.47. The van der Waals surface area contributed by atoms with Crippen molar-refractivity contribution in [3.63, 3.8) is 0 Å². The van der Waals surface area contributed by atoms with Gasteiger partial charge in [-0.25, -0.2) is 20.8 Å². The van der Waals surface area contributed by atoms with Gasteiger partial charge in [0.05, 0.1) is 17.6 Å². The van der Waals surface area contributed by atoms with Gasteiger partial charge in [0, 0.05) is 0 Å². The molecule has 0 saturated heterocycles. The third kappa shape index (κ3) is 2.60. The number of H-pyrrole nitrogens is 1. The van der Waals surface area contributed by atoms with Gasteiger partial charge in [0.15, 0.2) is 5.65 Å². The van der Waals surface area contributed by atoms with E-state index < -0.39 is 0 Å². The molecular weight excluding hydrogens is 292 g/mol. The minimum absolute atomic E-state index is 0.370. The molecule has 0 atom stereocenters. The number of hydrogen-bond donors (Lipinski definition) is 3. The summed E-state index contributed by atoms with van der Waals surface area (Å²) in [5.74, 6) is 6.48. The predicted molar refractivity (Wildman–Crippen MR) is 76.3 cm³/mol. The number of aryl methyl sites for hydroxylation is 1. The van der Waals surface area contributed by atoms with Crippen LogP contribution in [0.25, 0.3) is 11.2 Å². The topological polar surface area (TPSA) is 123 Å². The van der Waals surface area contributed by atoms with Crippen LogP contribution in [-0.4, -0.2) is 25.8 Å². The van der Waals surface area contributed by atoms with E-state index in [-0.39, 0.29) is 5.91 Å². The number of nitrogens with two attached hydrogens (primary N) is 1. The van der Waals surface area contributed by atoms with E-state index in [1.54, 1.807) is 19.3 Å². The van der Waals surface area contributed by atoms with Gasteiger partial charge in [-0.1, -0.05) is 11.8 Å². The number of imidazole rings is 1. The van der Waals surface area contributed by atoms with Crippen LogP contribution in [0.3, 0.4) is 0 Å². The molecule has 8 nitrogen and oxygen atoms in total. The molecule has 0 aromatic carbocycles. The molecular formula is C12H12N6O2S. The zero-order chi connectivity index (χ0) is 14.8. The molecule has 21 heavy (non-hydrogen) atoms. The van der Waals surface area contributed by atoms with E-state index in [0.29, 0.717) is 28.5 Å². The average Bonchev–Trinajstić information content (AvgIpc) is 3.10. The van der Waals surface area contributed by atoms with E-state index >= 15 is 0 Å². The summed E-state index contributed by atoms with van der Waals surface area (Å²) in [6.07, 6.45) is 3.04. The summed E-state index contributed by atoms with van der Waals surface area (Å²) in [5, 5.41) is 0.774. The Morgan fingerprint density at radius 3 is 3.14 bits per heavy atom. The summed E-state index contributed by atoms with van der Waals surface area (Å²) in [4.78, 5) is 26.9. The fourth-order valence-corrected chi connectivity index (χ4v) is 2.75. The quantitative estimate of drug-likeness (QED) is 0.217. The fourth-order valence-electron chi connectivity index (χ4n) is 1.91. The minimum atomic E-state index is -0.370. The van der Waals surface area contributed by atoms with Crippen molar-refractivity contribution >= 4 is 28.8 Å². The summed E-state index contributed by atoms with van der Waals surface area (Å²) in [6.45, 7) is 1.72. The molecule has 0 unspecified atom stereocenters. The predicted octanol–water partition coefficient (Wildman–Crippen LogP) is 1.15. The SMILES string of the molecule is Cc1oc(CSc2ncnc3nc[nH]c23)cc1C(=O)NN. The number of hydrogen-bond acceptors (Lipinski definition) is 7. The molecule has 0 aliphatic rings. The smallest absolute Gasteiger partial charge is 0.268 e. The number of fused-ring (bicyclic) bond motifs is 1. The van der Waals surface area contributed by atoms with Crippen molar-refractivity contribution in [3.05, 3.63) is 35.8 Å². The Morgan fingerprint density at radius 2 is 2.33 bits per heavy atom. The van der Waals surface area contributed by atoms with Gasteiger partial charge in [-0.05, 0) is 13.0 Å². The van der Waals surface area contributed by atoms with Crippen molar-refractivity contribution in [2.75, 3.05) is 0 Å². The van der Waals surface area contributed by atoms with E-state index in [0.717, 1.165) is 10.5 Å². The molecule has 0 aliphatic carbocycles. The zero-order valence-electron chi connectivity index (χ0n) is 11.1. The van der Waals surface area contributed by atoms with Gasteiger partial charge < -0.3 is 9.40 Å². The highest BCUT2D eigenvalue weighted by molar-refractivity contribution is 7.98. The van der Waals surface area contributed by atoms with Gasteiger partial charge in [0.25, 0.3) is 5.91 Å². The number of nitrogen functional groups attached to an aromatic ring is 1. The van der Waals surface area contributed by atoms with Crippen LogP contribution in [0.4, 0.5) is 0 Å². The maximum atomic E-state index is 11.5. The molecule has 0 saturated carbocycles. The van der Waals surface area contributed by atoms with Crippen molar-refractivity contribution in [1.82, 2.24) is 25.4 Å². The molecule has 9 heteroatoms. The number of nitrogens with one attached hydrogen (secondary N) is 2. The normalized spacial score (nSPS) is 11.0. The number of nitrogens with zero attached hydrogens (tertiary/aromatic N) is 3. The average molecular weight is 304 g/mol. The number of amides is 1. The largest absolute Gasteiger partial charge is 0.465 e. The van der Waals surface area contributed by atoms with E-state index in [1.807, 2.05) is 0 Å². The lowest BCUT2D eigenvalue weighted by molar-refractivity contribution is 0.0952. The van der Waals surface area contributed by atoms with Gasteiger partial charge >= 0.3 is 0 Å². The molecule has 3 aromatic rings. The van der Waals surface area contributed by atoms with Gasteiger partial charge in [0.2, 0.25) is 0 Å². The highest BCUT2D eigenvalue weighted by atomic mass is 32.2. The van der Waals surface area contributed by atoms with Gasteiger partial charge in [-0.15, -0.1) is 0 Å². The summed E-state index contributed by atoms with van der Waals surface area (Å²) in [5.41, 5.74) is 3.92. The second-order valence-electron chi connectivity index (χ2n) is 4.22. The Balaban J connectivity index is 1.79. The third-order valence-electron chi connectivity index (χ3n) is 2.88. The fraction of sp³-hybridized carbons (Fsp3) is 0.167. The van der Waals surface area contributed by atoms with Crippen LogP contribution in [0.1, 0.15) is 21.9 Å². The maximum Gasteiger partial charge on any atom is 0.268 e. The molecule has 0 spiro atoms. The summed E-state index contributed by atoms with van der Waals surface area (Å²) < 4.78 is 5.55. The Kier molecular flexibility index (Phi) is 3.59. The van der Waals surface area contributed by atoms with Crippen LogP contribution in [-0.2, 0) is 5.75 Å². The Bertz CT molecular complexity index is 796. The van der Waals surface area contributed by atoms with Gasteiger partial charge in [0.1, 0.15) is 28.4 Å². The first-order valence-corrected chi connectivity index (χ1v) is 7.04. The van der Waals surface area contributed by atoms with Gasteiger partial charge in [-0.2, -0.15) is 0 Å². The lowest BCUT2D eigenvalue weighted by atomic mass is 10.2. The van der Waals surface area contributed by atoms with E-state index in [9.17, 15) is 4.79 Å². The monoisotopic (exact) mass is 304 g/mol. The Labute approximate surface area is 123 Å². The highest BCUT2D eigenvalue weighted by Crippen LogP contribution is 2.27. The highest BCUT2D eigenvalue weighted by Gasteiger charge is 2.15. The molecule has 108 valence electrons. The number of rotatable bonds is 4. The van der Waals surface area contributed by atoms with Crippen LogP contribution in [0, 0.1) is 6.92 Å². The molecule has 0 bridgehead atoms. The molecule has 3 heterocycles. The molecule has 3 rings (SSSR count). The Hall–Kier alpha value is -2.39. The molecule has 0 fully saturated rings. The summed E-state index contributed by atoms with van der Waals surface area (Å²) in [7, 11) is 0. The van der Waals surface area contributed by atoms with Crippen molar-refractivity contribution in [1.29, 1.82) is 0 Å². The number of aromatic amines is 1. The number of aromatic nitrogens is 4. The summed E-state index contributed by atoms with van der Waals surface area (Å²) in [6, 6.07) is 1.68. The number of thioether (sulfide) groups is 1. The number of hydrazine groups is 1. The standard InChI is InChI=1S/C12H12N6O2S/c1-6-8(11(19)18-13)2-7(20-6)3-21-12-9-10(15-4-14-9)16-5-17-12/h2,4-5H,3,13H2,1H3,(H,18,19)(H,14,15,16,17). The number of carbonyl (C=O) groups excluding carboxylic acids is 1. The van der Waals surface area contributed by atoms with Crippen LogP contribution in [0.2, 0.25) is 0 Å². The Morgan fingerprint density at radius 1 is 1.48 bits per heavy atom. The number of furan rings is 1. The van der Waals surface area contributed by atoms with E-state index in [4.69, 9.17) is 10.3 Å². The van der Waals surface area contributed by atoms with Crippen LogP contribution in [0.5, 0.6) is 0 Å².